The van der Waals surface area contributed by atoms with E-state index in [1.54, 1.807) is 4.90 Å². The highest BCUT2D eigenvalue weighted by molar-refractivity contribution is 5.99. The van der Waals surface area contributed by atoms with E-state index in [2.05, 4.69) is 5.32 Å². The summed E-state index contributed by atoms with van der Waals surface area (Å²) in [5.74, 6) is -0.450. The van der Waals surface area contributed by atoms with Gasteiger partial charge in [0.15, 0.2) is 0 Å². The fraction of sp³-hybridized carbons (Fsp3) is 0.280. The van der Waals surface area contributed by atoms with Crippen LogP contribution in [0, 0.1) is 0 Å². The van der Waals surface area contributed by atoms with Crippen LogP contribution >= 0.6 is 0 Å². The van der Waals surface area contributed by atoms with Crippen molar-refractivity contribution in [3.8, 4) is 0 Å². The molecule has 1 saturated heterocycles. The minimum atomic E-state index is -0.665. The molecule has 1 aliphatic heterocycles. The van der Waals surface area contributed by atoms with Crippen LogP contribution < -0.4 is 16.8 Å². The zero-order chi connectivity index (χ0) is 21.8. The van der Waals surface area contributed by atoms with Gasteiger partial charge in [0.05, 0.1) is 6.04 Å². The number of benzene rings is 3. The molecule has 1 heterocycles. The number of carbonyl (C=O) groups is 2. The molecule has 31 heavy (non-hydrogen) atoms. The Morgan fingerprint density at radius 2 is 1.71 bits per heavy atom. The van der Waals surface area contributed by atoms with Crippen LogP contribution in [-0.2, 0) is 16.0 Å². The van der Waals surface area contributed by atoms with E-state index >= 15 is 0 Å². The fourth-order valence-electron chi connectivity index (χ4n) is 4.16. The number of hydrogen-bond donors (Lipinski definition) is 3. The number of nitrogens with one attached hydrogen (secondary N) is 1. The Bertz CT molecular complexity index is 1070. The minimum absolute atomic E-state index is 0.220. The maximum Gasteiger partial charge on any atom is 0.247 e. The highest BCUT2D eigenvalue weighted by atomic mass is 16.2. The van der Waals surface area contributed by atoms with Crippen molar-refractivity contribution in [2.45, 2.75) is 37.4 Å². The Balaban J connectivity index is 1.42. The zero-order valence-corrected chi connectivity index (χ0v) is 17.4. The molecule has 0 saturated carbocycles. The first-order valence-corrected chi connectivity index (χ1v) is 10.7. The van der Waals surface area contributed by atoms with E-state index in [1.807, 2.05) is 72.8 Å². The normalized spacial score (nSPS) is 19.4. The van der Waals surface area contributed by atoms with Crippen molar-refractivity contribution >= 4 is 28.3 Å². The van der Waals surface area contributed by atoms with Crippen molar-refractivity contribution in [3.63, 3.8) is 0 Å². The largest absolute Gasteiger partial charge is 0.328 e. The Kier molecular flexibility index (Phi) is 6.30. The predicted molar refractivity (Wildman–Crippen MR) is 123 cm³/mol. The predicted octanol–water partition coefficient (Wildman–Crippen LogP) is 2.67. The molecule has 5 N–H and O–H groups in total. The summed E-state index contributed by atoms with van der Waals surface area (Å²) >= 11 is 0. The molecule has 0 spiro atoms. The van der Waals surface area contributed by atoms with Gasteiger partial charge in [-0.25, -0.2) is 0 Å². The molecule has 0 aromatic heterocycles. The maximum atomic E-state index is 13.0. The number of amides is 2. The number of fused-ring (bicyclic) bond motifs is 1. The second-order valence-electron chi connectivity index (χ2n) is 8.18. The first-order chi connectivity index (χ1) is 15.0. The van der Waals surface area contributed by atoms with E-state index in [9.17, 15) is 9.59 Å². The Morgan fingerprint density at radius 1 is 1.00 bits per heavy atom. The Morgan fingerprint density at radius 3 is 2.48 bits per heavy atom. The lowest BCUT2D eigenvalue weighted by atomic mass is 10.0. The van der Waals surface area contributed by atoms with E-state index < -0.39 is 12.1 Å². The lowest BCUT2D eigenvalue weighted by Crippen LogP contribution is -2.50. The van der Waals surface area contributed by atoms with Gasteiger partial charge >= 0.3 is 0 Å². The van der Waals surface area contributed by atoms with Crippen LogP contribution in [-0.4, -0.2) is 41.4 Å². The molecule has 1 fully saturated rings. The maximum absolute atomic E-state index is 13.0. The van der Waals surface area contributed by atoms with Crippen molar-refractivity contribution in [1.29, 1.82) is 0 Å². The monoisotopic (exact) mass is 416 g/mol. The molecule has 6 heteroatoms. The van der Waals surface area contributed by atoms with Crippen LogP contribution in [0.25, 0.3) is 10.8 Å². The molecule has 3 atom stereocenters. The lowest BCUT2D eigenvalue weighted by Gasteiger charge is -2.26. The average Bonchev–Trinajstić information content (AvgIpc) is 3.19. The van der Waals surface area contributed by atoms with Crippen molar-refractivity contribution in [2.75, 3.05) is 11.9 Å². The number of nitrogens with two attached hydrogens (primary N) is 2. The smallest absolute Gasteiger partial charge is 0.247 e. The van der Waals surface area contributed by atoms with Crippen LogP contribution in [0.1, 0.15) is 18.4 Å². The van der Waals surface area contributed by atoms with Crippen molar-refractivity contribution in [2.24, 2.45) is 11.5 Å². The number of likely N-dealkylation sites (tertiary alicyclic amines) is 1. The standard InChI is InChI=1S/C25H28N4O2/c26-20-15-23(24(30)28-21-12-11-18-8-4-5-9-19(18)14-21)29(16-20)25(31)22(27)13-10-17-6-2-1-3-7-17/h1-9,11-12,14,20,22-23H,10,13,15-16,26-27H2,(H,28,30)/t20-,22+,23+/m1/s1. The van der Waals surface area contributed by atoms with Gasteiger partial charge in [0.1, 0.15) is 6.04 Å². The minimum Gasteiger partial charge on any atom is -0.328 e. The molecule has 0 bridgehead atoms. The lowest BCUT2D eigenvalue weighted by molar-refractivity contribution is -0.137. The van der Waals surface area contributed by atoms with E-state index in [0.29, 0.717) is 31.5 Å². The second kappa shape index (κ2) is 9.29. The van der Waals surface area contributed by atoms with Crippen molar-refractivity contribution in [1.82, 2.24) is 4.90 Å². The summed E-state index contributed by atoms with van der Waals surface area (Å²) in [5.41, 5.74) is 14.1. The number of nitrogens with zero attached hydrogens (tertiary/aromatic N) is 1. The fourth-order valence-corrected chi connectivity index (χ4v) is 4.16. The van der Waals surface area contributed by atoms with Crippen LogP contribution in [0.4, 0.5) is 5.69 Å². The first-order valence-electron chi connectivity index (χ1n) is 10.7. The molecule has 3 aromatic carbocycles. The average molecular weight is 417 g/mol. The van der Waals surface area contributed by atoms with Gasteiger partial charge in [-0.1, -0.05) is 60.7 Å². The summed E-state index contributed by atoms with van der Waals surface area (Å²) in [6.45, 7) is 0.341. The molecule has 1 aliphatic rings. The number of rotatable bonds is 6. The number of aryl methyl sites for hydroxylation is 1. The molecule has 6 nitrogen and oxygen atoms in total. The summed E-state index contributed by atoms with van der Waals surface area (Å²) in [7, 11) is 0. The van der Waals surface area contributed by atoms with Crippen molar-refractivity contribution < 1.29 is 9.59 Å². The third-order valence-corrected chi connectivity index (χ3v) is 5.84. The topological polar surface area (TPSA) is 101 Å². The summed E-state index contributed by atoms with van der Waals surface area (Å²) in [4.78, 5) is 27.6. The van der Waals surface area contributed by atoms with Gasteiger partial charge in [0.2, 0.25) is 11.8 Å². The van der Waals surface area contributed by atoms with E-state index in [4.69, 9.17) is 11.5 Å². The highest BCUT2D eigenvalue weighted by Crippen LogP contribution is 2.23. The van der Waals surface area contributed by atoms with Gasteiger partial charge in [0, 0.05) is 18.3 Å². The van der Waals surface area contributed by atoms with Gasteiger partial charge in [-0.05, 0) is 47.7 Å². The molecule has 0 unspecified atom stereocenters. The second-order valence-corrected chi connectivity index (χ2v) is 8.18. The summed E-state index contributed by atoms with van der Waals surface area (Å²) in [6, 6.07) is 22.1. The first kappa shape index (κ1) is 21.0. The molecule has 4 rings (SSSR count). The van der Waals surface area contributed by atoms with E-state index in [-0.39, 0.29) is 17.9 Å². The third-order valence-electron chi connectivity index (χ3n) is 5.84. The van der Waals surface area contributed by atoms with Gasteiger partial charge in [-0.2, -0.15) is 0 Å². The van der Waals surface area contributed by atoms with Crippen molar-refractivity contribution in [3.05, 3.63) is 78.4 Å². The Hall–Kier alpha value is -3.22. The van der Waals surface area contributed by atoms with Gasteiger partial charge in [-0.3, -0.25) is 9.59 Å². The van der Waals surface area contributed by atoms with E-state index in [1.165, 1.54) is 0 Å². The number of anilines is 1. The number of carbonyl (C=O) groups excluding carboxylic acids is 2. The quantitative estimate of drug-likeness (QED) is 0.575. The summed E-state index contributed by atoms with van der Waals surface area (Å²) in [5, 5.41) is 5.09. The number of hydrogen-bond acceptors (Lipinski definition) is 4. The Labute approximate surface area is 182 Å². The van der Waals surface area contributed by atoms with E-state index in [0.717, 1.165) is 16.3 Å². The van der Waals surface area contributed by atoms with Crippen LogP contribution in [0.3, 0.4) is 0 Å². The molecule has 3 aromatic rings. The molecule has 2 amide bonds. The van der Waals surface area contributed by atoms with Gasteiger partial charge in [-0.15, -0.1) is 0 Å². The third kappa shape index (κ3) is 4.93. The van der Waals surface area contributed by atoms with Crippen LogP contribution in [0.15, 0.2) is 72.8 Å². The molecule has 0 radical (unpaired) electrons. The summed E-state index contributed by atoms with van der Waals surface area (Å²) in [6.07, 6.45) is 1.66. The van der Waals surface area contributed by atoms with Gasteiger partial charge in [0.25, 0.3) is 0 Å². The molecular weight excluding hydrogens is 388 g/mol. The molecule has 0 aliphatic carbocycles. The van der Waals surface area contributed by atoms with Gasteiger partial charge < -0.3 is 21.7 Å². The molecular formula is C25H28N4O2. The summed E-state index contributed by atoms with van der Waals surface area (Å²) < 4.78 is 0. The zero-order valence-electron chi connectivity index (χ0n) is 17.4. The highest BCUT2D eigenvalue weighted by Gasteiger charge is 2.39. The molecule has 160 valence electrons. The van der Waals surface area contributed by atoms with Crippen LogP contribution in [0.2, 0.25) is 0 Å². The van der Waals surface area contributed by atoms with Crippen LogP contribution in [0.5, 0.6) is 0 Å². The SMILES string of the molecule is N[C@@H]1C[C@@H](C(=O)Nc2ccc3ccccc3c2)N(C(=O)[C@@H](N)CCc2ccccc2)C1.